The summed E-state index contributed by atoms with van der Waals surface area (Å²) in [5.41, 5.74) is 0. The van der Waals surface area contributed by atoms with Crippen molar-refractivity contribution in [1.29, 1.82) is 0 Å². The molecule has 1 heteroatoms. The van der Waals surface area contributed by atoms with Crippen LogP contribution >= 0.6 is 0 Å². The minimum Gasteiger partial charge on any atom is -0.381 e. The van der Waals surface area contributed by atoms with E-state index in [1.54, 1.807) is 0 Å². The Balaban J connectivity index is 3.25. The molecule has 0 fully saturated rings. The first kappa shape index (κ1) is 69.0. The highest BCUT2D eigenvalue weighted by Crippen LogP contribution is 2.24. The standard InChI is InChI=1S/C68H138O/c1-5-9-11-13-15-17-19-21-25-31-37-43-49-55-61-67(7-3)63-57-51-45-39-33-27-23-29-35-41-47-53-59-65-69-66-60-54-48-42-36-30-24-28-34-40-46-52-58-64-68(8-4)62-56-50-44-38-32-26-22-20-18-16-14-12-10-6-2/h67-68H,5-66H2,1-4H3. The number of hydrogen-bond acceptors (Lipinski definition) is 1. The van der Waals surface area contributed by atoms with Crippen molar-refractivity contribution in [2.24, 2.45) is 11.8 Å². The molecule has 0 aliphatic rings. The summed E-state index contributed by atoms with van der Waals surface area (Å²) in [7, 11) is 0. The predicted molar refractivity (Wildman–Crippen MR) is 318 cm³/mol. The second-order valence-electron chi connectivity index (χ2n) is 23.7. The van der Waals surface area contributed by atoms with E-state index >= 15 is 0 Å². The zero-order valence-electron chi connectivity index (χ0n) is 49.4. The van der Waals surface area contributed by atoms with Gasteiger partial charge in [-0.15, -0.1) is 0 Å². The maximum absolute atomic E-state index is 5.98. The van der Waals surface area contributed by atoms with Gasteiger partial charge in [0.2, 0.25) is 0 Å². The van der Waals surface area contributed by atoms with Crippen molar-refractivity contribution in [3.63, 3.8) is 0 Å². The Morgan fingerprint density at radius 2 is 0.319 bits per heavy atom. The Bertz CT molecular complexity index is 783. The summed E-state index contributed by atoms with van der Waals surface area (Å²) in [4.78, 5) is 0. The Morgan fingerprint density at radius 3 is 0.478 bits per heavy atom. The predicted octanol–water partition coefficient (Wildman–Crippen LogP) is 25.7. The van der Waals surface area contributed by atoms with Crippen LogP contribution in [0, 0.1) is 11.8 Å². The molecule has 0 aromatic carbocycles. The number of unbranched alkanes of at least 4 members (excludes halogenated alkanes) is 50. The second kappa shape index (κ2) is 64.1. The first-order valence-corrected chi connectivity index (χ1v) is 33.9. The van der Waals surface area contributed by atoms with Gasteiger partial charge in [0.25, 0.3) is 0 Å². The molecule has 0 rings (SSSR count). The topological polar surface area (TPSA) is 9.23 Å². The molecule has 0 saturated heterocycles. The van der Waals surface area contributed by atoms with Gasteiger partial charge in [0.15, 0.2) is 0 Å². The van der Waals surface area contributed by atoms with Gasteiger partial charge in [-0.1, -0.05) is 400 Å². The molecule has 416 valence electrons. The molecule has 2 atom stereocenters. The summed E-state index contributed by atoms with van der Waals surface area (Å²) in [6, 6.07) is 0. The molecule has 0 aromatic rings. The third-order valence-corrected chi connectivity index (χ3v) is 16.9. The van der Waals surface area contributed by atoms with Gasteiger partial charge in [-0.05, 0) is 24.7 Å². The Hall–Kier alpha value is -0.0400. The van der Waals surface area contributed by atoms with E-state index in [0.29, 0.717) is 0 Å². The molecule has 0 heterocycles. The van der Waals surface area contributed by atoms with Crippen LogP contribution in [0.4, 0.5) is 0 Å². The molecule has 0 aromatic heterocycles. The molecule has 1 nitrogen and oxygen atoms in total. The fourth-order valence-electron chi connectivity index (χ4n) is 11.6. The largest absolute Gasteiger partial charge is 0.381 e. The lowest BCUT2D eigenvalue weighted by atomic mass is 9.92. The van der Waals surface area contributed by atoms with Gasteiger partial charge in [0.05, 0.1) is 0 Å². The van der Waals surface area contributed by atoms with Gasteiger partial charge in [-0.25, -0.2) is 0 Å². The van der Waals surface area contributed by atoms with Crippen molar-refractivity contribution in [1.82, 2.24) is 0 Å². The van der Waals surface area contributed by atoms with Crippen molar-refractivity contribution in [2.45, 2.75) is 413 Å². The molecule has 0 aliphatic carbocycles. The summed E-state index contributed by atoms with van der Waals surface area (Å²) in [6.07, 6.45) is 87.7. The van der Waals surface area contributed by atoms with Gasteiger partial charge in [0, 0.05) is 13.2 Å². The minimum atomic E-state index is 0.997. The third kappa shape index (κ3) is 60.4. The van der Waals surface area contributed by atoms with Gasteiger partial charge in [-0.2, -0.15) is 0 Å². The van der Waals surface area contributed by atoms with Crippen molar-refractivity contribution in [3.05, 3.63) is 0 Å². The molecular formula is C68H138O. The Morgan fingerprint density at radius 1 is 0.174 bits per heavy atom. The second-order valence-corrected chi connectivity index (χ2v) is 23.7. The fraction of sp³-hybridized carbons (Fsp3) is 1.00. The van der Waals surface area contributed by atoms with Crippen LogP contribution in [0.1, 0.15) is 413 Å². The number of ether oxygens (including phenoxy) is 1. The Kier molecular flexibility index (Phi) is 64.0. The normalized spacial score (nSPS) is 12.7. The maximum atomic E-state index is 5.98. The maximum Gasteiger partial charge on any atom is 0.0466 e. The van der Waals surface area contributed by atoms with E-state index < -0.39 is 0 Å². The fourth-order valence-corrected chi connectivity index (χ4v) is 11.6. The average molecular weight is 972 g/mol. The molecule has 2 unspecified atom stereocenters. The van der Waals surface area contributed by atoms with E-state index in [1.165, 1.54) is 385 Å². The van der Waals surface area contributed by atoms with Crippen LogP contribution < -0.4 is 0 Å². The molecule has 0 N–H and O–H groups in total. The molecule has 0 saturated carbocycles. The monoisotopic (exact) mass is 971 g/mol. The van der Waals surface area contributed by atoms with Gasteiger partial charge < -0.3 is 4.74 Å². The molecular weight excluding hydrogens is 833 g/mol. The Labute approximate surface area is 440 Å². The van der Waals surface area contributed by atoms with Crippen LogP contribution in [-0.2, 0) is 4.74 Å². The minimum absolute atomic E-state index is 0.997. The van der Waals surface area contributed by atoms with Crippen LogP contribution in [-0.4, -0.2) is 13.2 Å². The lowest BCUT2D eigenvalue weighted by Crippen LogP contribution is -1.99. The third-order valence-electron chi connectivity index (χ3n) is 16.9. The molecule has 0 aliphatic heterocycles. The molecule has 0 bridgehead atoms. The van der Waals surface area contributed by atoms with Gasteiger partial charge >= 0.3 is 0 Å². The highest BCUT2D eigenvalue weighted by molar-refractivity contribution is 4.62. The van der Waals surface area contributed by atoms with Crippen LogP contribution in [0.3, 0.4) is 0 Å². The summed E-state index contributed by atoms with van der Waals surface area (Å²) in [6.45, 7) is 11.5. The lowest BCUT2D eigenvalue weighted by molar-refractivity contribution is 0.125. The molecule has 69 heavy (non-hydrogen) atoms. The smallest absolute Gasteiger partial charge is 0.0466 e. The van der Waals surface area contributed by atoms with E-state index in [9.17, 15) is 0 Å². The van der Waals surface area contributed by atoms with Crippen molar-refractivity contribution < 1.29 is 4.74 Å². The number of rotatable bonds is 64. The van der Waals surface area contributed by atoms with Gasteiger partial charge in [0.1, 0.15) is 0 Å². The average Bonchev–Trinajstić information content (AvgIpc) is 3.36. The summed E-state index contributed by atoms with van der Waals surface area (Å²) >= 11 is 0. The molecule has 0 spiro atoms. The van der Waals surface area contributed by atoms with Crippen LogP contribution in [0.5, 0.6) is 0 Å². The van der Waals surface area contributed by atoms with Crippen molar-refractivity contribution in [3.8, 4) is 0 Å². The van der Waals surface area contributed by atoms with Crippen LogP contribution in [0.15, 0.2) is 0 Å². The summed E-state index contributed by atoms with van der Waals surface area (Å²) in [5.74, 6) is 2.01. The molecule has 0 amide bonds. The SMILES string of the molecule is CCCCCCCCCCCCCCCCC(CC)CCCCCCCCCCCCCCCOCCCCCCCCCCCCCCCC(CC)CCCCCCCCCCCCCCCC. The van der Waals surface area contributed by atoms with Gasteiger partial charge in [-0.3, -0.25) is 0 Å². The van der Waals surface area contributed by atoms with E-state index in [4.69, 9.17) is 4.74 Å². The van der Waals surface area contributed by atoms with Crippen molar-refractivity contribution >= 4 is 0 Å². The van der Waals surface area contributed by atoms with Crippen LogP contribution in [0.2, 0.25) is 0 Å². The highest BCUT2D eigenvalue weighted by Gasteiger charge is 2.08. The quantitative estimate of drug-likeness (QED) is 0.0552. The van der Waals surface area contributed by atoms with Crippen molar-refractivity contribution in [2.75, 3.05) is 13.2 Å². The van der Waals surface area contributed by atoms with E-state index in [2.05, 4.69) is 27.7 Å². The van der Waals surface area contributed by atoms with E-state index in [1.807, 2.05) is 0 Å². The summed E-state index contributed by atoms with van der Waals surface area (Å²) < 4.78 is 5.98. The zero-order chi connectivity index (χ0) is 49.7. The molecule has 0 radical (unpaired) electrons. The van der Waals surface area contributed by atoms with Crippen LogP contribution in [0.25, 0.3) is 0 Å². The zero-order valence-corrected chi connectivity index (χ0v) is 49.4. The summed E-state index contributed by atoms with van der Waals surface area (Å²) in [5, 5.41) is 0. The van der Waals surface area contributed by atoms with E-state index in [0.717, 1.165) is 25.0 Å². The first-order valence-electron chi connectivity index (χ1n) is 33.9. The first-order chi connectivity index (χ1) is 34.3. The lowest BCUT2D eigenvalue weighted by Gasteiger charge is -2.14. The van der Waals surface area contributed by atoms with E-state index in [-0.39, 0.29) is 0 Å². The number of hydrogen-bond donors (Lipinski definition) is 0. The highest BCUT2D eigenvalue weighted by atomic mass is 16.5.